The largest absolute Gasteiger partial charge is 0.490 e. The van der Waals surface area contributed by atoms with E-state index in [4.69, 9.17) is 32.0 Å². The Morgan fingerprint density at radius 3 is 2.42 bits per heavy atom. The Hall–Kier alpha value is -2.75. The first-order chi connectivity index (χ1) is 17.9. The highest BCUT2D eigenvalue weighted by atomic mass is 35.5. The fraction of sp³-hybridized carbons (Fsp3) is 0.591. The number of carboxylic acids is 1. The van der Waals surface area contributed by atoms with Crippen LogP contribution in [0, 0.1) is 0 Å². The van der Waals surface area contributed by atoms with E-state index >= 15 is 0 Å². The van der Waals surface area contributed by atoms with Gasteiger partial charge in [0.1, 0.15) is 0 Å². The van der Waals surface area contributed by atoms with E-state index < -0.39 is 18.8 Å². The number of benzene rings is 1. The van der Waals surface area contributed by atoms with Crippen molar-refractivity contribution < 1.29 is 41.3 Å². The summed E-state index contributed by atoms with van der Waals surface area (Å²) >= 11 is 6.01. The molecular formula is C22H28ClF5N6O4. The van der Waals surface area contributed by atoms with Crippen LogP contribution in [0.25, 0.3) is 0 Å². The third-order valence-electron chi connectivity index (χ3n) is 6.15. The zero-order chi connectivity index (χ0) is 27.9. The van der Waals surface area contributed by atoms with Gasteiger partial charge in [0, 0.05) is 36.7 Å². The number of morpholine rings is 1. The van der Waals surface area contributed by atoms with Crippen LogP contribution in [0.1, 0.15) is 18.4 Å². The molecule has 0 radical (unpaired) electrons. The van der Waals surface area contributed by atoms with Crippen molar-refractivity contribution in [3.05, 3.63) is 34.9 Å². The van der Waals surface area contributed by atoms with Crippen LogP contribution in [0.3, 0.4) is 0 Å². The van der Waals surface area contributed by atoms with E-state index in [0.717, 1.165) is 32.4 Å². The number of rotatable bonds is 7. The standard InChI is InChI=1S/C20H27ClF2N6O2.C2HF3O2/c21-14-3-1-13(2-4-14)9-16-11-30-17(12-31-18(22)23)10-29(16)15-5-7-28(8-6-15)20-25-19(24)26-27-20;3-2(4,5)1(6)7/h1-4,15-18H,5-12H2,(H3,24,25,26,27);(H,6,7)/t16-,17+;/m0./s1. The van der Waals surface area contributed by atoms with Gasteiger partial charge in [-0.3, -0.25) is 4.90 Å². The Morgan fingerprint density at radius 2 is 1.89 bits per heavy atom. The number of ether oxygens (including phenoxy) is 2. The first-order valence-electron chi connectivity index (χ1n) is 11.7. The summed E-state index contributed by atoms with van der Waals surface area (Å²) in [6, 6.07) is 8.25. The van der Waals surface area contributed by atoms with Crippen molar-refractivity contribution in [3.8, 4) is 0 Å². The van der Waals surface area contributed by atoms with Gasteiger partial charge in [0.05, 0.1) is 19.3 Å². The minimum atomic E-state index is -5.08. The van der Waals surface area contributed by atoms with E-state index in [1.807, 2.05) is 24.3 Å². The van der Waals surface area contributed by atoms with Crippen molar-refractivity contribution in [2.24, 2.45) is 0 Å². The van der Waals surface area contributed by atoms with Crippen molar-refractivity contribution in [1.29, 1.82) is 0 Å². The number of nitrogen functional groups attached to an aromatic ring is 1. The molecule has 10 nitrogen and oxygen atoms in total. The zero-order valence-corrected chi connectivity index (χ0v) is 20.8. The van der Waals surface area contributed by atoms with Gasteiger partial charge in [0.15, 0.2) is 0 Å². The number of nitrogens with zero attached hydrogens (tertiary/aromatic N) is 4. The van der Waals surface area contributed by atoms with E-state index in [-0.39, 0.29) is 18.8 Å². The summed E-state index contributed by atoms with van der Waals surface area (Å²) < 4.78 is 67.2. The Morgan fingerprint density at radius 1 is 1.26 bits per heavy atom. The van der Waals surface area contributed by atoms with Gasteiger partial charge in [-0.25, -0.2) is 9.89 Å². The number of carboxylic acid groups (broad SMARTS) is 1. The number of H-pyrrole nitrogens is 1. The fourth-order valence-corrected chi connectivity index (χ4v) is 4.51. The average molecular weight is 571 g/mol. The van der Waals surface area contributed by atoms with Crippen molar-refractivity contribution in [1.82, 2.24) is 20.1 Å². The van der Waals surface area contributed by atoms with E-state index in [0.29, 0.717) is 36.1 Å². The van der Waals surface area contributed by atoms with Crippen LogP contribution in [0.4, 0.5) is 33.8 Å². The molecule has 2 fully saturated rings. The highest BCUT2D eigenvalue weighted by Crippen LogP contribution is 2.27. The van der Waals surface area contributed by atoms with Gasteiger partial charge in [-0.15, -0.1) is 5.10 Å². The normalized spacial score (nSPS) is 21.3. The Balaban J connectivity index is 0.000000505. The molecule has 1 aromatic carbocycles. The monoisotopic (exact) mass is 570 g/mol. The molecule has 2 atom stereocenters. The first kappa shape index (κ1) is 29.8. The molecule has 0 aliphatic carbocycles. The molecule has 4 N–H and O–H groups in total. The third kappa shape index (κ3) is 8.92. The Labute approximate surface area is 219 Å². The van der Waals surface area contributed by atoms with E-state index in [1.165, 1.54) is 5.56 Å². The van der Waals surface area contributed by atoms with Gasteiger partial charge in [0.25, 0.3) is 0 Å². The molecule has 0 saturated carbocycles. The van der Waals surface area contributed by atoms with E-state index in [1.54, 1.807) is 0 Å². The summed E-state index contributed by atoms with van der Waals surface area (Å²) in [7, 11) is 0. The molecule has 0 bridgehead atoms. The predicted molar refractivity (Wildman–Crippen MR) is 127 cm³/mol. The topological polar surface area (TPSA) is 130 Å². The lowest BCUT2D eigenvalue weighted by atomic mass is 9.96. The molecule has 0 amide bonds. The minimum absolute atomic E-state index is 0.114. The number of carbonyl (C=O) groups is 1. The quantitative estimate of drug-likeness (QED) is 0.430. The van der Waals surface area contributed by atoms with Gasteiger partial charge in [-0.05, 0) is 37.0 Å². The summed E-state index contributed by atoms with van der Waals surface area (Å²) in [4.78, 5) is 17.6. The highest BCUT2D eigenvalue weighted by molar-refractivity contribution is 6.30. The minimum Gasteiger partial charge on any atom is -0.475 e. The van der Waals surface area contributed by atoms with Crippen LogP contribution in [0.2, 0.25) is 5.02 Å². The zero-order valence-electron chi connectivity index (χ0n) is 20.1. The lowest BCUT2D eigenvalue weighted by molar-refractivity contribution is -0.192. The Kier molecular flexibility index (Phi) is 10.5. The van der Waals surface area contributed by atoms with Crippen molar-refractivity contribution in [3.63, 3.8) is 0 Å². The number of hydrogen-bond donors (Lipinski definition) is 3. The number of hydrogen-bond acceptors (Lipinski definition) is 8. The summed E-state index contributed by atoms with van der Waals surface area (Å²) in [5.41, 5.74) is 6.81. The SMILES string of the molecule is Nc1nc(N2CCC(N3C[C@H](COC(F)F)OC[C@@H]3Cc3ccc(Cl)cc3)CC2)n[nH]1.O=C(O)C(F)(F)F. The third-order valence-corrected chi connectivity index (χ3v) is 6.40. The van der Waals surface area contributed by atoms with Crippen LogP contribution >= 0.6 is 11.6 Å². The molecule has 16 heteroatoms. The lowest BCUT2D eigenvalue weighted by Crippen LogP contribution is -2.58. The number of aliphatic carboxylic acids is 1. The highest BCUT2D eigenvalue weighted by Gasteiger charge is 2.38. The second kappa shape index (κ2) is 13.4. The Bertz CT molecular complexity index is 1020. The molecule has 4 rings (SSSR count). The second-order valence-corrected chi connectivity index (χ2v) is 9.21. The summed E-state index contributed by atoms with van der Waals surface area (Å²) in [5.74, 6) is -1.85. The number of aromatic nitrogens is 3. The molecule has 2 aliphatic heterocycles. The maximum absolute atomic E-state index is 12.5. The lowest BCUT2D eigenvalue weighted by Gasteiger charge is -2.46. The van der Waals surface area contributed by atoms with Crippen LogP contribution in [-0.2, 0) is 20.7 Å². The van der Waals surface area contributed by atoms with Crippen LogP contribution in [0.5, 0.6) is 0 Å². The molecule has 212 valence electrons. The smallest absolute Gasteiger partial charge is 0.475 e. The number of nitrogens with two attached hydrogens (primary N) is 1. The van der Waals surface area contributed by atoms with Crippen molar-refractivity contribution in [2.75, 3.05) is 43.5 Å². The first-order valence-corrected chi connectivity index (χ1v) is 12.0. The molecule has 2 aromatic rings. The molecule has 0 spiro atoms. The van der Waals surface area contributed by atoms with Crippen molar-refractivity contribution >= 4 is 29.5 Å². The molecule has 38 heavy (non-hydrogen) atoms. The number of alkyl halides is 5. The number of aromatic amines is 1. The average Bonchev–Trinajstić information content (AvgIpc) is 3.31. The van der Waals surface area contributed by atoms with Gasteiger partial charge in [-0.1, -0.05) is 23.7 Å². The molecule has 1 aromatic heterocycles. The van der Waals surface area contributed by atoms with Crippen LogP contribution < -0.4 is 10.6 Å². The van der Waals surface area contributed by atoms with Gasteiger partial charge in [0.2, 0.25) is 11.9 Å². The fourth-order valence-electron chi connectivity index (χ4n) is 4.38. The van der Waals surface area contributed by atoms with Crippen LogP contribution in [0.15, 0.2) is 24.3 Å². The van der Waals surface area contributed by atoms with Gasteiger partial charge in [-0.2, -0.15) is 26.9 Å². The summed E-state index contributed by atoms with van der Waals surface area (Å²) in [5, 5.41) is 14.6. The molecule has 2 aliphatic rings. The van der Waals surface area contributed by atoms with Gasteiger partial charge >= 0.3 is 18.8 Å². The second-order valence-electron chi connectivity index (χ2n) is 8.77. The number of halogens is 6. The van der Waals surface area contributed by atoms with E-state index in [2.05, 4.69) is 29.7 Å². The number of nitrogens with one attached hydrogen (secondary N) is 1. The summed E-state index contributed by atoms with van der Waals surface area (Å²) in [6.45, 7) is -0.283. The summed E-state index contributed by atoms with van der Waals surface area (Å²) in [6.07, 6.45) is -2.83. The van der Waals surface area contributed by atoms with Gasteiger partial charge < -0.3 is 25.2 Å². The maximum atomic E-state index is 12.5. The van der Waals surface area contributed by atoms with E-state index in [9.17, 15) is 22.0 Å². The van der Waals surface area contributed by atoms with Crippen molar-refractivity contribution in [2.45, 2.75) is 50.2 Å². The molecule has 0 unspecified atom stereocenters. The molecular weight excluding hydrogens is 543 g/mol. The number of anilines is 2. The van der Waals surface area contributed by atoms with Crippen LogP contribution in [-0.4, -0.2) is 95.0 Å². The number of piperidine rings is 1. The maximum Gasteiger partial charge on any atom is 0.490 e. The predicted octanol–water partition coefficient (Wildman–Crippen LogP) is 3.19. The molecule has 3 heterocycles. The molecule has 2 saturated heterocycles.